The van der Waals surface area contributed by atoms with Crippen LogP contribution in [0.25, 0.3) is 0 Å². The molecule has 2 aromatic carbocycles. The van der Waals surface area contributed by atoms with Gasteiger partial charge >= 0.3 is 0 Å². The minimum Gasteiger partial charge on any atom is -0.497 e. The van der Waals surface area contributed by atoms with Crippen molar-refractivity contribution in [1.82, 2.24) is 4.90 Å². The number of rotatable bonds is 5. The molecule has 0 saturated carbocycles. The molecule has 0 bridgehead atoms. The van der Waals surface area contributed by atoms with E-state index in [1.54, 1.807) is 7.11 Å². The summed E-state index contributed by atoms with van der Waals surface area (Å²) >= 11 is 3.40. The summed E-state index contributed by atoms with van der Waals surface area (Å²) in [5.74, 6) is 0.883. The van der Waals surface area contributed by atoms with Crippen LogP contribution in [-0.2, 0) is 4.79 Å². The lowest BCUT2D eigenvalue weighted by Crippen LogP contribution is -2.32. The van der Waals surface area contributed by atoms with E-state index in [9.17, 15) is 4.79 Å². The van der Waals surface area contributed by atoms with Gasteiger partial charge in [0, 0.05) is 16.2 Å². The Bertz CT molecular complexity index is 686. The van der Waals surface area contributed by atoms with Crippen LogP contribution in [-0.4, -0.2) is 31.0 Å². The maximum Gasteiger partial charge on any atom is 0.238 e. The number of hydrogen-bond donors (Lipinski definition) is 1. The molecule has 3 rings (SSSR count). The van der Waals surface area contributed by atoms with E-state index < -0.39 is 0 Å². The molecule has 1 heterocycles. The number of likely N-dealkylation sites (tertiary alicyclic amines) is 1. The third-order valence-corrected chi connectivity index (χ3v) is 4.87. The predicted octanol–water partition coefficient (Wildman–Crippen LogP) is 4.23. The normalized spacial score (nSPS) is 17.7. The Labute approximate surface area is 150 Å². The minimum absolute atomic E-state index is 0.0257. The van der Waals surface area contributed by atoms with Crippen molar-refractivity contribution in [2.24, 2.45) is 0 Å². The summed E-state index contributed by atoms with van der Waals surface area (Å²) in [4.78, 5) is 14.6. The fraction of sp³-hybridized carbons (Fsp3) is 0.316. The Morgan fingerprint density at radius 2 is 1.92 bits per heavy atom. The van der Waals surface area contributed by atoms with E-state index >= 15 is 0 Å². The zero-order chi connectivity index (χ0) is 16.9. The van der Waals surface area contributed by atoms with E-state index in [2.05, 4.69) is 38.3 Å². The van der Waals surface area contributed by atoms with Gasteiger partial charge in [-0.1, -0.05) is 28.1 Å². The second-order valence-electron chi connectivity index (χ2n) is 5.96. The molecule has 5 heteroatoms. The molecule has 4 nitrogen and oxygen atoms in total. The van der Waals surface area contributed by atoms with Gasteiger partial charge in [-0.05, 0) is 61.3 Å². The van der Waals surface area contributed by atoms with Gasteiger partial charge in [-0.2, -0.15) is 0 Å². The Morgan fingerprint density at radius 3 is 2.58 bits per heavy atom. The van der Waals surface area contributed by atoms with Crippen molar-refractivity contribution in [2.75, 3.05) is 25.5 Å². The first-order valence-electron chi connectivity index (χ1n) is 8.09. The highest BCUT2D eigenvalue weighted by atomic mass is 79.9. The molecule has 1 saturated heterocycles. The van der Waals surface area contributed by atoms with Gasteiger partial charge in [0.2, 0.25) is 5.91 Å². The van der Waals surface area contributed by atoms with Crippen LogP contribution in [0.1, 0.15) is 24.4 Å². The number of anilines is 1. The van der Waals surface area contributed by atoms with E-state index in [0.29, 0.717) is 12.6 Å². The molecule has 0 radical (unpaired) electrons. The van der Waals surface area contributed by atoms with Crippen LogP contribution in [0.15, 0.2) is 53.0 Å². The summed E-state index contributed by atoms with van der Waals surface area (Å²) in [5.41, 5.74) is 2.06. The molecule has 126 valence electrons. The lowest BCUT2D eigenvalue weighted by atomic mass is 10.0. The SMILES string of the molecule is COc1ccc(C2CCCN2CC(=O)Nc2ccc(Br)cc2)cc1. The maximum absolute atomic E-state index is 12.3. The van der Waals surface area contributed by atoms with Gasteiger partial charge in [-0.25, -0.2) is 0 Å². The smallest absolute Gasteiger partial charge is 0.238 e. The molecule has 24 heavy (non-hydrogen) atoms. The van der Waals surface area contributed by atoms with Crippen LogP contribution >= 0.6 is 15.9 Å². The summed E-state index contributed by atoms with van der Waals surface area (Å²) in [6.07, 6.45) is 2.19. The van der Waals surface area contributed by atoms with Crippen LogP contribution in [0, 0.1) is 0 Å². The molecule has 1 atom stereocenters. The standard InChI is InChI=1S/C19H21BrN2O2/c1-24-17-10-4-14(5-11-17)18-3-2-12-22(18)13-19(23)21-16-8-6-15(20)7-9-16/h4-11,18H,2-3,12-13H2,1H3,(H,21,23). The summed E-state index contributed by atoms with van der Waals surface area (Å²) < 4.78 is 6.22. The molecule has 1 aliphatic rings. The second-order valence-corrected chi connectivity index (χ2v) is 6.87. The molecule has 0 aliphatic carbocycles. The summed E-state index contributed by atoms with van der Waals surface area (Å²) in [6, 6.07) is 16.1. The number of nitrogens with one attached hydrogen (secondary N) is 1. The molecule has 0 spiro atoms. The van der Waals surface area contributed by atoms with Gasteiger partial charge < -0.3 is 10.1 Å². The Balaban J connectivity index is 1.62. The van der Waals surface area contributed by atoms with Crippen molar-refractivity contribution >= 4 is 27.5 Å². The van der Waals surface area contributed by atoms with E-state index in [4.69, 9.17) is 4.74 Å². The lowest BCUT2D eigenvalue weighted by Gasteiger charge is -2.24. The van der Waals surface area contributed by atoms with Crippen LogP contribution in [0.2, 0.25) is 0 Å². The number of nitrogens with zero attached hydrogens (tertiary/aromatic N) is 1. The fourth-order valence-corrected chi connectivity index (χ4v) is 3.40. The molecule has 1 amide bonds. The van der Waals surface area contributed by atoms with E-state index in [1.807, 2.05) is 36.4 Å². The average molecular weight is 389 g/mol. The fourth-order valence-electron chi connectivity index (χ4n) is 3.14. The first kappa shape index (κ1) is 17.0. The zero-order valence-corrected chi connectivity index (χ0v) is 15.3. The van der Waals surface area contributed by atoms with Crippen molar-refractivity contribution in [3.8, 4) is 5.75 Å². The van der Waals surface area contributed by atoms with Crippen LogP contribution < -0.4 is 10.1 Å². The first-order chi connectivity index (χ1) is 11.7. The molecule has 1 aliphatic heterocycles. The van der Waals surface area contributed by atoms with Gasteiger partial charge in [-0.15, -0.1) is 0 Å². The number of amides is 1. The van der Waals surface area contributed by atoms with Crippen molar-refractivity contribution in [3.05, 3.63) is 58.6 Å². The summed E-state index contributed by atoms with van der Waals surface area (Å²) in [5, 5.41) is 2.96. The molecule has 1 N–H and O–H groups in total. The number of benzene rings is 2. The highest BCUT2D eigenvalue weighted by Crippen LogP contribution is 2.32. The molecule has 0 aromatic heterocycles. The second kappa shape index (κ2) is 7.81. The number of halogens is 1. The van der Waals surface area contributed by atoms with E-state index in [0.717, 1.165) is 35.3 Å². The van der Waals surface area contributed by atoms with Crippen molar-refractivity contribution in [1.29, 1.82) is 0 Å². The summed E-state index contributed by atoms with van der Waals surface area (Å²) in [6.45, 7) is 1.36. The topological polar surface area (TPSA) is 41.6 Å². The van der Waals surface area contributed by atoms with Crippen molar-refractivity contribution in [3.63, 3.8) is 0 Å². The number of ether oxygens (including phenoxy) is 1. The van der Waals surface area contributed by atoms with E-state index in [1.165, 1.54) is 5.56 Å². The number of methoxy groups -OCH3 is 1. The van der Waals surface area contributed by atoms with Gasteiger partial charge in [0.1, 0.15) is 5.75 Å². The van der Waals surface area contributed by atoms with Gasteiger partial charge in [0.25, 0.3) is 0 Å². The van der Waals surface area contributed by atoms with E-state index in [-0.39, 0.29) is 5.91 Å². The first-order valence-corrected chi connectivity index (χ1v) is 8.88. The molecular formula is C19H21BrN2O2. The zero-order valence-electron chi connectivity index (χ0n) is 13.7. The molecular weight excluding hydrogens is 368 g/mol. The lowest BCUT2D eigenvalue weighted by molar-refractivity contribution is -0.117. The highest BCUT2D eigenvalue weighted by molar-refractivity contribution is 9.10. The number of carbonyl (C=O) groups is 1. The third-order valence-electron chi connectivity index (χ3n) is 4.34. The van der Waals surface area contributed by atoms with Crippen molar-refractivity contribution < 1.29 is 9.53 Å². The molecule has 1 fully saturated rings. The predicted molar refractivity (Wildman–Crippen MR) is 99.3 cm³/mol. The largest absolute Gasteiger partial charge is 0.497 e. The Hall–Kier alpha value is -1.85. The maximum atomic E-state index is 12.3. The Kier molecular flexibility index (Phi) is 5.53. The van der Waals surface area contributed by atoms with Crippen LogP contribution in [0.5, 0.6) is 5.75 Å². The average Bonchev–Trinajstić information content (AvgIpc) is 3.05. The van der Waals surface area contributed by atoms with Crippen LogP contribution in [0.3, 0.4) is 0 Å². The third kappa shape index (κ3) is 4.16. The monoisotopic (exact) mass is 388 g/mol. The number of hydrogen-bond acceptors (Lipinski definition) is 3. The summed E-state index contributed by atoms with van der Waals surface area (Å²) in [7, 11) is 1.67. The molecule has 2 aromatic rings. The van der Waals surface area contributed by atoms with Gasteiger partial charge in [0.05, 0.1) is 13.7 Å². The van der Waals surface area contributed by atoms with Gasteiger partial charge in [-0.3, -0.25) is 9.69 Å². The van der Waals surface area contributed by atoms with Gasteiger partial charge in [0.15, 0.2) is 0 Å². The highest BCUT2D eigenvalue weighted by Gasteiger charge is 2.27. The quantitative estimate of drug-likeness (QED) is 0.832. The molecule has 1 unspecified atom stereocenters. The minimum atomic E-state index is 0.0257. The van der Waals surface area contributed by atoms with Crippen molar-refractivity contribution in [2.45, 2.75) is 18.9 Å². The van der Waals surface area contributed by atoms with Crippen LogP contribution in [0.4, 0.5) is 5.69 Å². The number of carbonyl (C=O) groups excluding carboxylic acids is 1. The Morgan fingerprint density at radius 1 is 1.21 bits per heavy atom.